The maximum Gasteiger partial charge on any atom is 0.472 e. The van der Waals surface area contributed by atoms with E-state index in [0.29, 0.717) is 19.4 Å². The molecule has 0 heterocycles. The minimum absolute atomic E-state index is 0.0318. The van der Waals surface area contributed by atoms with Gasteiger partial charge in [0.05, 0.1) is 13.2 Å². The van der Waals surface area contributed by atoms with Crippen molar-refractivity contribution in [1.29, 1.82) is 0 Å². The first kappa shape index (κ1) is 53.5. The van der Waals surface area contributed by atoms with Gasteiger partial charge in [0.1, 0.15) is 6.61 Å². The van der Waals surface area contributed by atoms with E-state index < -0.39 is 32.5 Å². The van der Waals surface area contributed by atoms with Crippen molar-refractivity contribution in [3.05, 3.63) is 72.9 Å². The molecule has 0 fully saturated rings. The quantitative estimate of drug-likeness (QED) is 0.0270. The van der Waals surface area contributed by atoms with Gasteiger partial charge in [0.2, 0.25) is 0 Å². The Morgan fingerprint density at radius 2 is 0.982 bits per heavy atom. The molecular weight excluding hydrogens is 725 g/mol. The first-order valence-electron chi connectivity index (χ1n) is 21.9. The van der Waals surface area contributed by atoms with Gasteiger partial charge in [-0.15, -0.1) is 0 Å². The van der Waals surface area contributed by atoms with Gasteiger partial charge in [0.15, 0.2) is 6.10 Å². The van der Waals surface area contributed by atoms with E-state index in [1.807, 2.05) is 6.08 Å². The fraction of sp³-hybridized carbons (Fsp3) is 0.696. The second kappa shape index (κ2) is 42.1. The van der Waals surface area contributed by atoms with E-state index in [-0.39, 0.29) is 26.1 Å². The number of nitrogens with one attached hydrogen (secondary N) is 1. The number of ether oxygens (including phenoxy) is 2. The molecule has 0 aromatic carbocycles. The van der Waals surface area contributed by atoms with E-state index in [1.165, 1.54) is 70.6 Å². The second-order valence-corrected chi connectivity index (χ2v) is 15.6. The molecule has 2 N–H and O–H groups in total. The van der Waals surface area contributed by atoms with Crippen LogP contribution in [0.25, 0.3) is 0 Å². The minimum Gasteiger partial charge on any atom is -0.462 e. The molecule has 56 heavy (non-hydrogen) atoms. The first-order chi connectivity index (χ1) is 27.3. The van der Waals surface area contributed by atoms with Gasteiger partial charge in [-0.1, -0.05) is 145 Å². The summed E-state index contributed by atoms with van der Waals surface area (Å²) in [5.74, 6) is -0.887. The van der Waals surface area contributed by atoms with E-state index in [0.717, 1.165) is 57.8 Å². The second-order valence-electron chi connectivity index (χ2n) is 14.2. The molecule has 0 aromatic heterocycles. The van der Waals surface area contributed by atoms with Gasteiger partial charge in [-0.25, -0.2) is 4.57 Å². The van der Waals surface area contributed by atoms with Crippen LogP contribution in [0, 0.1) is 0 Å². The fourth-order valence-corrected chi connectivity index (χ4v) is 6.21. The average Bonchev–Trinajstić information content (AvgIpc) is 3.18. The van der Waals surface area contributed by atoms with Crippen molar-refractivity contribution < 1.29 is 37.6 Å². The van der Waals surface area contributed by atoms with Gasteiger partial charge in [0.25, 0.3) is 0 Å². The molecule has 0 saturated heterocycles. The molecule has 0 radical (unpaired) electrons. The first-order valence-corrected chi connectivity index (χ1v) is 23.4. The van der Waals surface area contributed by atoms with Crippen LogP contribution in [0.4, 0.5) is 0 Å². The lowest BCUT2D eigenvalue weighted by Gasteiger charge is -2.20. The Morgan fingerprint density at radius 3 is 1.48 bits per heavy atom. The summed E-state index contributed by atoms with van der Waals surface area (Å²) in [6, 6.07) is 0. The van der Waals surface area contributed by atoms with Crippen LogP contribution in [-0.2, 0) is 32.7 Å². The Balaban J connectivity index is 4.34. The Bertz CT molecular complexity index is 1150. The molecule has 0 spiro atoms. The third-order valence-electron chi connectivity index (χ3n) is 8.80. The standard InChI is InChI=1S/C46H80NO8P/c1-4-6-8-10-12-14-16-18-20-22-24-26-28-30-32-34-36-38-45(48)52-42-44(43-54-56(50,51)53-41-40-47-3)55-46(49)39-37-35-33-31-29-27-25-23-21-19-17-15-13-11-9-7-5-2/h12-15,18-21,25,27,31,33,44,47H,4-11,16-17,22-24,26,28-30,32,34-43H2,1-3H3,(H,50,51)/b14-12-,15-13-,20-18-,21-19-,27-25-,33-31-. The third-order valence-corrected chi connectivity index (χ3v) is 9.78. The Morgan fingerprint density at radius 1 is 0.554 bits per heavy atom. The van der Waals surface area contributed by atoms with E-state index in [1.54, 1.807) is 7.05 Å². The van der Waals surface area contributed by atoms with E-state index in [9.17, 15) is 19.0 Å². The lowest BCUT2D eigenvalue weighted by atomic mass is 10.1. The van der Waals surface area contributed by atoms with Crippen LogP contribution in [0.3, 0.4) is 0 Å². The lowest BCUT2D eigenvalue weighted by molar-refractivity contribution is -0.161. The number of rotatable bonds is 40. The number of phosphoric ester groups is 1. The molecule has 0 rings (SSSR count). The zero-order valence-electron chi connectivity index (χ0n) is 35.6. The number of phosphoric acid groups is 1. The summed E-state index contributed by atoms with van der Waals surface area (Å²) in [5.41, 5.74) is 0. The molecule has 2 unspecified atom stereocenters. The van der Waals surface area contributed by atoms with E-state index in [2.05, 4.69) is 86.0 Å². The summed E-state index contributed by atoms with van der Waals surface area (Å²) in [4.78, 5) is 35.0. The number of hydrogen-bond acceptors (Lipinski definition) is 8. The normalized spacial score (nSPS) is 14.0. The van der Waals surface area contributed by atoms with Crippen LogP contribution in [-0.4, -0.2) is 56.3 Å². The number of hydrogen-bond donors (Lipinski definition) is 2. The topological polar surface area (TPSA) is 120 Å². The van der Waals surface area contributed by atoms with E-state index >= 15 is 0 Å². The molecule has 0 bridgehead atoms. The van der Waals surface area contributed by atoms with Crippen LogP contribution in [0.2, 0.25) is 0 Å². The van der Waals surface area contributed by atoms with Crippen molar-refractivity contribution in [1.82, 2.24) is 5.32 Å². The van der Waals surface area contributed by atoms with Gasteiger partial charge in [0, 0.05) is 19.4 Å². The number of unbranched alkanes of at least 4 members (excludes halogenated alkanes) is 14. The number of allylic oxidation sites excluding steroid dienone is 12. The Kier molecular flexibility index (Phi) is 40.2. The van der Waals surface area contributed by atoms with Crippen molar-refractivity contribution >= 4 is 19.8 Å². The molecule has 2 atom stereocenters. The highest BCUT2D eigenvalue weighted by Gasteiger charge is 2.26. The third kappa shape index (κ3) is 41.1. The maximum absolute atomic E-state index is 12.6. The molecule has 322 valence electrons. The van der Waals surface area contributed by atoms with Gasteiger partial charge in [-0.05, 0) is 90.5 Å². The van der Waals surface area contributed by atoms with Crippen LogP contribution in [0.15, 0.2) is 72.9 Å². The molecule has 0 aliphatic heterocycles. The predicted octanol–water partition coefficient (Wildman–Crippen LogP) is 12.5. The van der Waals surface area contributed by atoms with Crippen LogP contribution < -0.4 is 5.32 Å². The fourth-order valence-electron chi connectivity index (χ4n) is 5.46. The molecule has 0 aliphatic carbocycles. The lowest BCUT2D eigenvalue weighted by Crippen LogP contribution is -2.29. The van der Waals surface area contributed by atoms with Gasteiger partial charge >= 0.3 is 19.8 Å². The molecule has 0 amide bonds. The highest BCUT2D eigenvalue weighted by molar-refractivity contribution is 7.47. The summed E-state index contributed by atoms with van der Waals surface area (Å²) >= 11 is 0. The number of esters is 2. The van der Waals surface area contributed by atoms with Crippen molar-refractivity contribution in [2.45, 2.75) is 174 Å². The molecule has 10 heteroatoms. The minimum atomic E-state index is -4.37. The van der Waals surface area contributed by atoms with Gasteiger partial charge in [-0.3, -0.25) is 18.6 Å². The Labute approximate surface area is 342 Å². The highest BCUT2D eigenvalue weighted by atomic mass is 31.2. The molecule has 0 aromatic rings. The molecule has 9 nitrogen and oxygen atoms in total. The highest BCUT2D eigenvalue weighted by Crippen LogP contribution is 2.43. The number of carbonyl (C=O) groups is 2. The van der Waals surface area contributed by atoms with Crippen LogP contribution >= 0.6 is 7.82 Å². The van der Waals surface area contributed by atoms with Gasteiger partial charge < -0.3 is 19.7 Å². The maximum atomic E-state index is 12.6. The monoisotopic (exact) mass is 806 g/mol. The summed E-state index contributed by atoms with van der Waals surface area (Å²) in [5, 5.41) is 2.81. The van der Waals surface area contributed by atoms with Crippen molar-refractivity contribution in [2.24, 2.45) is 0 Å². The van der Waals surface area contributed by atoms with Crippen molar-refractivity contribution in [2.75, 3.05) is 33.4 Å². The molecule has 0 saturated carbocycles. The number of likely N-dealkylation sites (N-methyl/N-ethyl adjacent to an activating group) is 1. The van der Waals surface area contributed by atoms with Gasteiger partial charge in [-0.2, -0.15) is 0 Å². The summed E-state index contributed by atoms with van der Waals surface area (Å²) in [7, 11) is -2.68. The molecule has 0 aliphatic rings. The Hall–Kier alpha value is -2.55. The average molecular weight is 806 g/mol. The molecular formula is C46H80NO8P. The van der Waals surface area contributed by atoms with E-state index in [4.69, 9.17) is 18.5 Å². The zero-order valence-corrected chi connectivity index (χ0v) is 36.5. The van der Waals surface area contributed by atoms with Crippen LogP contribution in [0.5, 0.6) is 0 Å². The summed E-state index contributed by atoms with van der Waals surface area (Å²) < 4.78 is 33.1. The van der Waals surface area contributed by atoms with Crippen LogP contribution in [0.1, 0.15) is 168 Å². The zero-order chi connectivity index (χ0) is 41.1. The SMILES string of the molecule is CCCCC/C=C\C/C=C\C/C=C\C/C=C\CCCC(=O)OC(COC(=O)CCCCCCCCC/C=C\C/C=C\CCCCC)COP(=O)(O)OCCNC. The summed E-state index contributed by atoms with van der Waals surface area (Å²) in [6.07, 6.45) is 49.5. The van der Waals surface area contributed by atoms with Crippen molar-refractivity contribution in [3.8, 4) is 0 Å². The predicted molar refractivity (Wildman–Crippen MR) is 233 cm³/mol. The smallest absolute Gasteiger partial charge is 0.462 e. The van der Waals surface area contributed by atoms with Crippen molar-refractivity contribution in [3.63, 3.8) is 0 Å². The summed E-state index contributed by atoms with van der Waals surface area (Å²) in [6.45, 7) is 4.08. The largest absolute Gasteiger partial charge is 0.472 e. The number of carbonyl (C=O) groups excluding carboxylic acids is 2.